The number of hydrogen-bond donors (Lipinski definition) is 1. The summed E-state index contributed by atoms with van der Waals surface area (Å²) in [5.74, 6) is 0.478. The second-order valence-electron chi connectivity index (χ2n) is 2.09. The minimum absolute atomic E-state index is 0.471. The van der Waals surface area contributed by atoms with E-state index in [1.165, 1.54) is 17.5 Å². The third-order valence-corrected chi connectivity index (χ3v) is 2.09. The Labute approximate surface area is 72.2 Å². The maximum Gasteiger partial charge on any atom is 0.233 e. The van der Waals surface area contributed by atoms with Crippen LogP contribution in [0.15, 0.2) is 6.20 Å². The number of hydrogen-bond acceptors (Lipinski definition) is 6. The summed E-state index contributed by atoms with van der Waals surface area (Å²) in [6.45, 7) is 0. The van der Waals surface area contributed by atoms with Crippen molar-refractivity contribution in [3.63, 3.8) is 0 Å². The van der Waals surface area contributed by atoms with Gasteiger partial charge in [-0.05, 0) is 0 Å². The highest BCUT2D eigenvalue weighted by Crippen LogP contribution is 2.21. The number of fused-ring (bicyclic) bond motifs is 1. The van der Waals surface area contributed by atoms with E-state index in [4.69, 9.17) is 10.5 Å². The lowest BCUT2D eigenvalue weighted by molar-refractivity contribution is 0.398. The number of anilines is 1. The first-order valence-corrected chi connectivity index (χ1v) is 4.04. The Morgan fingerprint density at radius 1 is 1.50 bits per heavy atom. The SMILES string of the molecule is COc1cnc2nc(N)sc2n1. The summed E-state index contributed by atoms with van der Waals surface area (Å²) < 4.78 is 4.90. The molecular weight excluding hydrogens is 176 g/mol. The highest BCUT2D eigenvalue weighted by atomic mass is 32.1. The second-order valence-corrected chi connectivity index (χ2v) is 3.10. The van der Waals surface area contributed by atoms with E-state index < -0.39 is 0 Å². The van der Waals surface area contributed by atoms with E-state index in [0.29, 0.717) is 21.5 Å². The molecular formula is C6H6N4OS. The zero-order valence-electron chi connectivity index (χ0n) is 6.31. The number of aromatic nitrogens is 3. The van der Waals surface area contributed by atoms with Gasteiger partial charge in [0.25, 0.3) is 0 Å². The summed E-state index contributed by atoms with van der Waals surface area (Å²) in [5.41, 5.74) is 6.04. The van der Waals surface area contributed by atoms with Gasteiger partial charge in [-0.15, -0.1) is 0 Å². The van der Waals surface area contributed by atoms with Crippen molar-refractivity contribution in [2.24, 2.45) is 0 Å². The summed E-state index contributed by atoms with van der Waals surface area (Å²) in [5, 5.41) is 0.471. The quantitative estimate of drug-likeness (QED) is 0.701. The first-order valence-electron chi connectivity index (χ1n) is 3.22. The number of methoxy groups -OCH3 is 1. The zero-order valence-corrected chi connectivity index (χ0v) is 7.13. The molecule has 0 amide bonds. The lowest BCUT2D eigenvalue weighted by Crippen LogP contribution is -1.88. The Bertz CT molecular complexity index is 413. The summed E-state index contributed by atoms with van der Waals surface area (Å²) >= 11 is 1.29. The molecule has 0 bridgehead atoms. The van der Waals surface area contributed by atoms with Crippen molar-refractivity contribution in [1.82, 2.24) is 15.0 Å². The molecule has 2 N–H and O–H groups in total. The number of rotatable bonds is 1. The first kappa shape index (κ1) is 7.23. The van der Waals surface area contributed by atoms with Gasteiger partial charge in [0.05, 0.1) is 13.3 Å². The molecule has 5 nitrogen and oxygen atoms in total. The van der Waals surface area contributed by atoms with E-state index in [9.17, 15) is 0 Å². The molecule has 0 aromatic carbocycles. The number of nitrogen functional groups attached to an aromatic ring is 1. The normalized spacial score (nSPS) is 10.4. The third-order valence-electron chi connectivity index (χ3n) is 1.33. The zero-order chi connectivity index (χ0) is 8.55. The van der Waals surface area contributed by atoms with Crippen molar-refractivity contribution in [2.75, 3.05) is 12.8 Å². The number of nitrogens with two attached hydrogens (primary N) is 1. The number of thiazole rings is 1. The molecule has 0 unspecified atom stereocenters. The van der Waals surface area contributed by atoms with Crippen molar-refractivity contribution in [2.45, 2.75) is 0 Å². The molecule has 12 heavy (non-hydrogen) atoms. The molecule has 62 valence electrons. The van der Waals surface area contributed by atoms with Crippen LogP contribution in [0.1, 0.15) is 0 Å². The van der Waals surface area contributed by atoms with Crippen LogP contribution < -0.4 is 10.5 Å². The van der Waals surface area contributed by atoms with Crippen molar-refractivity contribution < 1.29 is 4.74 Å². The molecule has 0 aliphatic carbocycles. The predicted octanol–water partition coefficient (Wildman–Crippen LogP) is 0.677. The van der Waals surface area contributed by atoms with Gasteiger partial charge in [0.2, 0.25) is 5.88 Å². The summed E-state index contributed by atoms with van der Waals surface area (Å²) in [4.78, 5) is 12.8. The molecule has 0 saturated carbocycles. The molecule has 0 aliphatic rings. The molecule has 0 atom stereocenters. The molecule has 2 aromatic rings. The minimum atomic E-state index is 0.471. The van der Waals surface area contributed by atoms with Gasteiger partial charge in [0, 0.05) is 0 Å². The molecule has 2 heterocycles. The highest BCUT2D eigenvalue weighted by Gasteiger charge is 2.04. The monoisotopic (exact) mass is 182 g/mol. The topological polar surface area (TPSA) is 73.9 Å². The van der Waals surface area contributed by atoms with E-state index in [0.717, 1.165) is 0 Å². The van der Waals surface area contributed by atoms with Crippen molar-refractivity contribution in [1.29, 1.82) is 0 Å². The van der Waals surface area contributed by atoms with E-state index in [2.05, 4.69) is 15.0 Å². The Morgan fingerprint density at radius 2 is 2.33 bits per heavy atom. The molecule has 0 fully saturated rings. The summed E-state index contributed by atoms with van der Waals surface area (Å²) in [7, 11) is 1.54. The van der Waals surface area contributed by atoms with Gasteiger partial charge in [0.1, 0.15) is 0 Å². The largest absolute Gasteiger partial charge is 0.480 e. The van der Waals surface area contributed by atoms with Crippen LogP contribution in [0.2, 0.25) is 0 Å². The summed E-state index contributed by atoms with van der Waals surface area (Å²) in [6, 6.07) is 0. The average molecular weight is 182 g/mol. The van der Waals surface area contributed by atoms with E-state index >= 15 is 0 Å². The van der Waals surface area contributed by atoms with Crippen molar-refractivity contribution >= 4 is 26.9 Å². The standard InChI is InChI=1S/C6H6N4OS/c1-11-3-2-8-4-5(9-3)12-6(7)10-4/h2H,1H3,(H2,7,8,10). The number of ether oxygens (including phenoxy) is 1. The van der Waals surface area contributed by atoms with Crippen LogP contribution >= 0.6 is 11.3 Å². The van der Waals surface area contributed by atoms with E-state index in [1.807, 2.05) is 0 Å². The lowest BCUT2D eigenvalue weighted by Gasteiger charge is -1.94. The molecule has 2 aromatic heterocycles. The lowest BCUT2D eigenvalue weighted by atomic mass is 10.7. The van der Waals surface area contributed by atoms with Gasteiger partial charge < -0.3 is 10.5 Å². The fourth-order valence-electron chi connectivity index (χ4n) is 0.820. The average Bonchev–Trinajstić information content (AvgIpc) is 2.43. The molecule has 0 saturated heterocycles. The van der Waals surface area contributed by atoms with Gasteiger partial charge in [-0.25, -0.2) is 4.98 Å². The smallest absolute Gasteiger partial charge is 0.233 e. The fourth-order valence-corrected chi connectivity index (χ4v) is 1.48. The van der Waals surface area contributed by atoms with Gasteiger partial charge in [0.15, 0.2) is 15.6 Å². The van der Waals surface area contributed by atoms with Crippen molar-refractivity contribution in [3.05, 3.63) is 6.20 Å². The first-order chi connectivity index (χ1) is 5.79. The maximum absolute atomic E-state index is 5.47. The van der Waals surface area contributed by atoms with Gasteiger partial charge in [-0.2, -0.15) is 9.97 Å². The van der Waals surface area contributed by atoms with Gasteiger partial charge in [-0.3, -0.25) is 0 Å². The predicted molar refractivity (Wildman–Crippen MR) is 46.2 cm³/mol. The van der Waals surface area contributed by atoms with Crippen molar-refractivity contribution in [3.8, 4) is 5.88 Å². The van der Waals surface area contributed by atoms with Gasteiger partial charge in [-0.1, -0.05) is 11.3 Å². The van der Waals surface area contributed by atoms with E-state index in [1.54, 1.807) is 7.11 Å². The second kappa shape index (κ2) is 2.56. The van der Waals surface area contributed by atoms with Crippen LogP contribution in [0.25, 0.3) is 10.5 Å². The van der Waals surface area contributed by atoms with Crippen LogP contribution in [0.3, 0.4) is 0 Å². The van der Waals surface area contributed by atoms with Crippen LogP contribution in [0.4, 0.5) is 5.13 Å². The van der Waals surface area contributed by atoms with Crippen LogP contribution in [-0.2, 0) is 0 Å². The Kier molecular flexibility index (Phi) is 1.54. The van der Waals surface area contributed by atoms with Gasteiger partial charge >= 0.3 is 0 Å². The molecule has 0 spiro atoms. The van der Waals surface area contributed by atoms with E-state index in [-0.39, 0.29) is 0 Å². The summed E-state index contributed by atoms with van der Waals surface area (Å²) in [6.07, 6.45) is 1.52. The molecule has 2 rings (SSSR count). The molecule has 6 heteroatoms. The highest BCUT2D eigenvalue weighted by molar-refractivity contribution is 7.21. The molecule has 0 aliphatic heterocycles. The fraction of sp³-hybridized carbons (Fsp3) is 0.167. The maximum atomic E-state index is 5.47. The van der Waals surface area contributed by atoms with Crippen LogP contribution in [-0.4, -0.2) is 22.1 Å². The third kappa shape index (κ3) is 1.06. The number of nitrogens with zero attached hydrogens (tertiary/aromatic N) is 3. The Balaban J connectivity index is 2.66. The minimum Gasteiger partial charge on any atom is -0.480 e. The van der Waals surface area contributed by atoms with Crippen LogP contribution in [0, 0.1) is 0 Å². The van der Waals surface area contributed by atoms with Crippen LogP contribution in [0.5, 0.6) is 5.88 Å². The Hall–Kier alpha value is -1.43. The Morgan fingerprint density at radius 3 is 3.08 bits per heavy atom. The molecule has 0 radical (unpaired) electrons.